The third-order valence-corrected chi connectivity index (χ3v) is 9.61. The summed E-state index contributed by atoms with van der Waals surface area (Å²) in [6.07, 6.45) is 18.2. The minimum absolute atomic E-state index is 0.474. The Morgan fingerprint density at radius 2 is 1.58 bits per heavy atom. The van der Waals surface area contributed by atoms with E-state index in [4.69, 9.17) is 33.2 Å². The summed E-state index contributed by atoms with van der Waals surface area (Å²) < 4.78 is 0. The van der Waals surface area contributed by atoms with E-state index in [2.05, 4.69) is 31.2 Å². The van der Waals surface area contributed by atoms with Gasteiger partial charge in [-0.25, -0.2) is 4.79 Å². The first kappa shape index (κ1) is 28.8. The van der Waals surface area contributed by atoms with Crippen molar-refractivity contribution in [3.8, 4) is 0 Å². The van der Waals surface area contributed by atoms with Gasteiger partial charge in [0.1, 0.15) is 0 Å². The van der Waals surface area contributed by atoms with Crippen LogP contribution in [0.3, 0.4) is 0 Å². The fourth-order valence-electron chi connectivity index (χ4n) is 4.95. The van der Waals surface area contributed by atoms with Gasteiger partial charge in [-0.15, -0.1) is 33.2 Å². The van der Waals surface area contributed by atoms with E-state index in [1.165, 1.54) is 63.4 Å². The molecule has 1 saturated carbocycles. The van der Waals surface area contributed by atoms with E-state index in [1.54, 1.807) is 0 Å². The molecule has 0 aliphatic heterocycles. The first-order chi connectivity index (χ1) is 15.8. The highest BCUT2D eigenvalue weighted by molar-refractivity contribution is 7.64. The van der Waals surface area contributed by atoms with E-state index in [-0.39, 0.29) is 0 Å². The van der Waals surface area contributed by atoms with Crippen LogP contribution in [0.2, 0.25) is 6.04 Å². The van der Waals surface area contributed by atoms with Crippen molar-refractivity contribution in [2.75, 3.05) is 0 Å². The van der Waals surface area contributed by atoms with Gasteiger partial charge in [-0.1, -0.05) is 82.6 Å². The third-order valence-electron chi connectivity index (χ3n) is 6.99. The van der Waals surface area contributed by atoms with Crippen LogP contribution in [0.1, 0.15) is 114 Å². The van der Waals surface area contributed by atoms with Crippen LogP contribution in [0.25, 0.3) is 6.08 Å². The summed E-state index contributed by atoms with van der Waals surface area (Å²) in [5.41, 5.74) is 2.86. The molecule has 0 heterocycles. The molecule has 1 fully saturated rings. The van der Waals surface area contributed by atoms with Crippen LogP contribution in [-0.4, -0.2) is 17.1 Å². The fourth-order valence-corrected chi connectivity index (χ4v) is 6.80. The summed E-state index contributed by atoms with van der Waals surface area (Å²) in [7, 11) is 0. The molecule has 1 aliphatic rings. The molecule has 1 aliphatic carbocycles. The van der Waals surface area contributed by atoms with Crippen molar-refractivity contribution in [3.05, 3.63) is 41.0 Å². The standard InChI is InChI=1S/C27H41Cl3O2Si/c1-2-3-4-7-10-22-12-16-24(17-13-22)25-18-14-23(15-19-25)21-26(27(31)32)11-8-5-6-9-20-33(28,29)30/h14-15,18-19,21-22,24H,2-13,16-17,20H2,1H3,(H,31,32)/b26-21+. The van der Waals surface area contributed by atoms with Gasteiger partial charge in [-0.05, 0) is 73.6 Å². The Labute approximate surface area is 216 Å². The maximum atomic E-state index is 11.7. The highest BCUT2D eigenvalue weighted by Gasteiger charge is 2.24. The number of carboxylic acid groups (broad SMARTS) is 1. The molecular formula is C27H41Cl3O2Si. The van der Waals surface area contributed by atoms with Crippen molar-refractivity contribution in [1.82, 2.24) is 0 Å². The summed E-state index contributed by atoms with van der Waals surface area (Å²) in [5, 5.41) is 9.60. The van der Waals surface area contributed by atoms with Gasteiger partial charge in [0.25, 0.3) is 0 Å². The molecule has 1 N–H and O–H groups in total. The van der Waals surface area contributed by atoms with Crippen LogP contribution >= 0.6 is 33.2 Å². The van der Waals surface area contributed by atoms with Crippen LogP contribution in [0.15, 0.2) is 29.8 Å². The molecule has 0 spiro atoms. The highest BCUT2D eigenvalue weighted by Crippen LogP contribution is 2.38. The smallest absolute Gasteiger partial charge is 0.341 e. The number of rotatable bonds is 15. The first-order valence-electron chi connectivity index (χ1n) is 12.9. The lowest BCUT2D eigenvalue weighted by Gasteiger charge is -2.29. The average Bonchev–Trinajstić information content (AvgIpc) is 2.78. The Hall–Kier alpha value is -0.483. The predicted octanol–water partition coefficient (Wildman–Crippen LogP) is 10.0. The predicted molar refractivity (Wildman–Crippen MR) is 147 cm³/mol. The molecule has 0 aromatic heterocycles. The number of benzene rings is 1. The average molecular weight is 532 g/mol. The SMILES string of the molecule is CCCCCCC1CCC(c2ccc(/C=C(\CCCCCC[Si](Cl)(Cl)Cl)C(=O)O)cc2)CC1. The highest BCUT2D eigenvalue weighted by atomic mass is 35.8. The van der Waals surface area contributed by atoms with Crippen LogP contribution in [0.5, 0.6) is 0 Å². The lowest BCUT2D eigenvalue weighted by atomic mass is 9.77. The summed E-state index contributed by atoms with van der Waals surface area (Å²) in [6, 6.07) is 6.73. The monoisotopic (exact) mass is 530 g/mol. The summed E-state index contributed by atoms with van der Waals surface area (Å²) in [6.45, 7) is 2.27. The summed E-state index contributed by atoms with van der Waals surface area (Å²) in [4.78, 5) is 11.7. The Morgan fingerprint density at radius 3 is 2.18 bits per heavy atom. The van der Waals surface area contributed by atoms with Gasteiger partial charge in [-0.3, -0.25) is 0 Å². The number of unbranched alkanes of at least 4 members (excludes halogenated alkanes) is 6. The lowest BCUT2D eigenvalue weighted by Crippen LogP contribution is -2.13. The molecule has 1 aromatic rings. The zero-order valence-corrected chi connectivity index (χ0v) is 23.4. The maximum Gasteiger partial charge on any atom is 0.341 e. The second kappa shape index (κ2) is 15.5. The fraction of sp³-hybridized carbons (Fsp3) is 0.667. The Bertz CT molecular complexity index is 720. The zero-order chi connectivity index (χ0) is 24.1. The molecule has 1 aromatic carbocycles. The molecule has 0 atom stereocenters. The molecule has 33 heavy (non-hydrogen) atoms. The van der Waals surface area contributed by atoms with Crippen molar-refractivity contribution in [3.63, 3.8) is 0 Å². The Balaban J connectivity index is 1.78. The number of halogens is 3. The zero-order valence-electron chi connectivity index (χ0n) is 20.1. The quantitative estimate of drug-likeness (QED) is 0.106. The topological polar surface area (TPSA) is 37.3 Å². The largest absolute Gasteiger partial charge is 0.478 e. The molecule has 0 unspecified atom stereocenters. The number of carbonyl (C=O) groups is 1. The van der Waals surface area contributed by atoms with E-state index >= 15 is 0 Å². The van der Waals surface area contributed by atoms with Crippen molar-refractivity contribution in [1.29, 1.82) is 0 Å². The second-order valence-electron chi connectivity index (χ2n) is 9.74. The number of hydrogen-bond donors (Lipinski definition) is 1. The molecule has 0 bridgehead atoms. The molecule has 186 valence electrons. The van der Waals surface area contributed by atoms with Gasteiger partial charge in [0.2, 0.25) is 0 Å². The van der Waals surface area contributed by atoms with Gasteiger partial charge < -0.3 is 5.11 Å². The second-order valence-corrected chi connectivity index (χ2v) is 19.0. The lowest BCUT2D eigenvalue weighted by molar-refractivity contribution is -0.132. The number of hydrogen-bond acceptors (Lipinski definition) is 1. The molecule has 0 radical (unpaired) electrons. The van der Waals surface area contributed by atoms with Crippen LogP contribution < -0.4 is 0 Å². The van der Waals surface area contributed by atoms with Crippen LogP contribution in [-0.2, 0) is 4.79 Å². The summed E-state index contributed by atoms with van der Waals surface area (Å²) >= 11 is 17.7. The van der Waals surface area contributed by atoms with Gasteiger partial charge in [0.15, 0.2) is 0 Å². The molecule has 0 saturated heterocycles. The molecule has 2 nitrogen and oxygen atoms in total. The van der Waals surface area contributed by atoms with E-state index in [9.17, 15) is 9.90 Å². The summed E-state index contributed by atoms with van der Waals surface area (Å²) in [5.74, 6) is 0.748. The maximum absolute atomic E-state index is 11.7. The third kappa shape index (κ3) is 12.2. The molecule has 2 rings (SSSR count). The van der Waals surface area contributed by atoms with Gasteiger partial charge >= 0.3 is 12.0 Å². The number of aliphatic carboxylic acids is 1. The Kier molecular flexibility index (Phi) is 13.5. The Morgan fingerprint density at radius 1 is 0.939 bits per heavy atom. The van der Waals surface area contributed by atoms with E-state index in [0.29, 0.717) is 24.0 Å². The van der Waals surface area contributed by atoms with Gasteiger partial charge in [0, 0.05) is 5.57 Å². The normalized spacial score (nSPS) is 19.6. The molecule has 0 amide bonds. The van der Waals surface area contributed by atoms with Crippen molar-refractivity contribution >= 4 is 51.3 Å². The van der Waals surface area contributed by atoms with E-state index in [1.807, 2.05) is 6.08 Å². The minimum Gasteiger partial charge on any atom is -0.478 e. The van der Waals surface area contributed by atoms with Crippen molar-refractivity contribution in [2.24, 2.45) is 5.92 Å². The first-order valence-corrected chi connectivity index (χ1v) is 18.1. The van der Waals surface area contributed by atoms with E-state index in [0.717, 1.165) is 37.2 Å². The van der Waals surface area contributed by atoms with Crippen molar-refractivity contribution in [2.45, 2.75) is 109 Å². The molecule has 6 heteroatoms. The van der Waals surface area contributed by atoms with Crippen LogP contribution in [0, 0.1) is 5.92 Å². The van der Waals surface area contributed by atoms with Crippen molar-refractivity contribution < 1.29 is 9.90 Å². The van der Waals surface area contributed by atoms with Crippen LogP contribution in [0.4, 0.5) is 0 Å². The number of carboxylic acids is 1. The molecular weight excluding hydrogens is 491 g/mol. The van der Waals surface area contributed by atoms with Gasteiger partial charge in [-0.2, -0.15) is 0 Å². The van der Waals surface area contributed by atoms with Gasteiger partial charge in [0.05, 0.1) is 0 Å². The van der Waals surface area contributed by atoms with E-state index < -0.39 is 12.0 Å². The minimum atomic E-state index is -2.53.